The van der Waals surface area contributed by atoms with Crippen molar-refractivity contribution in [2.45, 2.75) is 0 Å². The number of aromatic carboxylic acids is 1. The SMILES string of the molecule is COc1cccc(Nc2nc(-c3ccccc3)c(C(=O)O)s2)c1. The van der Waals surface area contributed by atoms with Gasteiger partial charge in [0.25, 0.3) is 0 Å². The topological polar surface area (TPSA) is 71.5 Å². The number of methoxy groups -OCH3 is 1. The number of anilines is 2. The zero-order valence-corrected chi connectivity index (χ0v) is 13.1. The second kappa shape index (κ2) is 6.50. The standard InChI is InChI=1S/C17H14N2O3S/c1-22-13-9-5-8-12(10-13)18-17-19-14(15(23-17)16(20)21)11-6-3-2-4-7-11/h2-10H,1H3,(H,18,19)(H,20,21). The van der Waals surface area contributed by atoms with Gasteiger partial charge in [0, 0.05) is 17.3 Å². The van der Waals surface area contributed by atoms with Crippen molar-refractivity contribution in [3.63, 3.8) is 0 Å². The minimum Gasteiger partial charge on any atom is -0.497 e. The number of carboxylic acids is 1. The van der Waals surface area contributed by atoms with Crippen LogP contribution in [0.2, 0.25) is 0 Å². The smallest absolute Gasteiger partial charge is 0.348 e. The molecule has 3 rings (SSSR count). The number of nitrogens with one attached hydrogen (secondary N) is 1. The minimum absolute atomic E-state index is 0.210. The third-order valence-corrected chi connectivity index (χ3v) is 4.15. The predicted octanol–water partition coefficient (Wildman–Crippen LogP) is 4.26. The van der Waals surface area contributed by atoms with E-state index in [1.54, 1.807) is 7.11 Å². The molecular weight excluding hydrogens is 312 g/mol. The largest absolute Gasteiger partial charge is 0.497 e. The molecule has 0 aliphatic rings. The van der Waals surface area contributed by atoms with E-state index in [2.05, 4.69) is 10.3 Å². The minimum atomic E-state index is -0.986. The van der Waals surface area contributed by atoms with Gasteiger partial charge in [-0.3, -0.25) is 0 Å². The monoisotopic (exact) mass is 326 g/mol. The summed E-state index contributed by atoms with van der Waals surface area (Å²) in [5.74, 6) is -0.270. The number of hydrogen-bond acceptors (Lipinski definition) is 5. The van der Waals surface area contributed by atoms with Gasteiger partial charge in [-0.1, -0.05) is 47.7 Å². The van der Waals surface area contributed by atoms with Gasteiger partial charge in [0.1, 0.15) is 10.6 Å². The van der Waals surface area contributed by atoms with Crippen molar-refractivity contribution in [2.24, 2.45) is 0 Å². The average Bonchev–Trinajstić information content (AvgIpc) is 3.00. The van der Waals surface area contributed by atoms with Crippen LogP contribution >= 0.6 is 11.3 Å². The summed E-state index contributed by atoms with van der Waals surface area (Å²) in [5.41, 5.74) is 2.03. The van der Waals surface area contributed by atoms with Gasteiger partial charge in [0.15, 0.2) is 5.13 Å². The maximum atomic E-state index is 11.5. The fraction of sp³-hybridized carbons (Fsp3) is 0.0588. The highest BCUT2D eigenvalue weighted by molar-refractivity contribution is 7.18. The summed E-state index contributed by atoms with van der Waals surface area (Å²) in [4.78, 5) is 16.1. The van der Waals surface area contributed by atoms with Gasteiger partial charge in [-0.15, -0.1) is 0 Å². The molecular formula is C17H14N2O3S. The van der Waals surface area contributed by atoms with Crippen LogP contribution in [0.25, 0.3) is 11.3 Å². The van der Waals surface area contributed by atoms with Crippen LogP contribution in [-0.2, 0) is 0 Å². The van der Waals surface area contributed by atoms with E-state index in [1.807, 2.05) is 54.6 Å². The Kier molecular flexibility index (Phi) is 4.25. The summed E-state index contributed by atoms with van der Waals surface area (Å²) in [5, 5.41) is 13.1. The van der Waals surface area contributed by atoms with Gasteiger partial charge < -0.3 is 15.2 Å². The van der Waals surface area contributed by atoms with Gasteiger partial charge in [-0.25, -0.2) is 9.78 Å². The molecule has 0 amide bonds. The van der Waals surface area contributed by atoms with Crippen molar-refractivity contribution in [2.75, 3.05) is 12.4 Å². The van der Waals surface area contributed by atoms with Crippen LogP contribution < -0.4 is 10.1 Å². The molecule has 6 heteroatoms. The summed E-state index contributed by atoms with van der Waals surface area (Å²) >= 11 is 1.11. The van der Waals surface area contributed by atoms with Crippen LogP contribution in [-0.4, -0.2) is 23.2 Å². The van der Waals surface area contributed by atoms with Gasteiger partial charge in [0.05, 0.1) is 12.8 Å². The summed E-state index contributed by atoms with van der Waals surface area (Å²) in [6.45, 7) is 0. The van der Waals surface area contributed by atoms with Crippen molar-refractivity contribution >= 4 is 28.1 Å². The Hall–Kier alpha value is -2.86. The van der Waals surface area contributed by atoms with Gasteiger partial charge in [0.2, 0.25) is 0 Å². The molecule has 0 fully saturated rings. The number of ether oxygens (including phenoxy) is 1. The van der Waals surface area contributed by atoms with Crippen LogP contribution in [0.1, 0.15) is 9.67 Å². The lowest BCUT2D eigenvalue weighted by Gasteiger charge is -2.04. The number of carboxylic acid groups (broad SMARTS) is 1. The lowest BCUT2D eigenvalue weighted by Crippen LogP contribution is -1.95. The van der Waals surface area contributed by atoms with Crippen molar-refractivity contribution < 1.29 is 14.6 Å². The van der Waals surface area contributed by atoms with E-state index in [9.17, 15) is 9.90 Å². The Balaban J connectivity index is 1.96. The second-order valence-electron chi connectivity index (χ2n) is 4.72. The molecule has 1 heterocycles. The molecule has 0 bridgehead atoms. The fourth-order valence-electron chi connectivity index (χ4n) is 2.13. The molecule has 0 saturated heterocycles. The average molecular weight is 326 g/mol. The van der Waals surface area contributed by atoms with Crippen LogP contribution in [0.15, 0.2) is 54.6 Å². The van der Waals surface area contributed by atoms with Gasteiger partial charge in [-0.05, 0) is 12.1 Å². The summed E-state index contributed by atoms with van der Waals surface area (Å²) < 4.78 is 5.18. The molecule has 116 valence electrons. The maximum absolute atomic E-state index is 11.5. The second-order valence-corrected chi connectivity index (χ2v) is 5.72. The summed E-state index contributed by atoms with van der Waals surface area (Å²) in [7, 11) is 1.60. The van der Waals surface area contributed by atoms with E-state index >= 15 is 0 Å². The number of nitrogens with zero attached hydrogens (tertiary/aromatic N) is 1. The normalized spacial score (nSPS) is 10.3. The Morgan fingerprint density at radius 3 is 2.65 bits per heavy atom. The van der Waals surface area contributed by atoms with E-state index in [1.165, 1.54) is 0 Å². The predicted molar refractivity (Wildman–Crippen MR) is 90.8 cm³/mol. The quantitative estimate of drug-likeness (QED) is 0.733. The molecule has 1 aromatic heterocycles. The van der Waals surface area contributed by atoms with Crippen molar-refractivity contribution in [3.8, 4) is 17.0 Å². The molecule has 0 atom stereocenters. The third kappa shape index (κ3) is 3.32. The van der Waals surface area contributed by atoms with E-state index < -0.39 is 5.97 Å². The van der Waals surface area contributed by atoms with E-state index in [-0.39, 0.29) is 4.88 Å². The molecule has 3 aromatic rings. The Morgan fingerprint density at radius 1 is 1.17 bits per heavy atom. The molecule has 0 aliphatic heterocycles. The lowest BCUT2D eigenvalue weighted by molar-refractivity contribution is 0.0702. The molecule has 0 spiro atoms. The zero-order valence-electron chi connectivity index (χ0n) is 12.3. The number of thiazole rings is 1. The highest BCUT2D eigenvalue weighted by Crippen LogP contribution is 2.33. The Labute approximate surface area is 137 Å². The Bertz CT molecular complexity index is 831. The maximum Gasteiger partial charge on any atom is 0.348 e. The lowest BCUT2D eigenvalue weighted by atomic mass is 10.1. The van der Waals surface area contributed by atoms with Gasteiger partial charge in [-0.2, -0.15) is 0 Å². The van der Waals surface area contributed by atoms with Crippen LogP contribution in [0.3, 0.4) is 0 Å². The molecule has 2 aromatic carbocycles. The number of carbonyl (C=O) groups is 1. The van der Waals surface area contributed by atoms with E-state index in [0.717, 1.165) is 22.6 Å². The molecule has 0 unspecified atom stereocenters. The van der Waals surface area contributed by atoms with Gasteiger partial charge >= 0.3 is 5.97 Å². The first-order valence-electron chi connectivity index (χ1n) is 6.88. The number of aromatic nitrogens is 1. The third-order valence-electron chi connectivity index (χ3n) is 3.19. The van der Waals surface area contributed by atoms with Crippen molar-refractivity contribution in [3.05, 3.63) is 59.5 Å². The van der Waals surface area contributed by atoms with E-state index in [4.69, 9.17) is 4.74 Å². The zero-order chi connectivity index (χ0) is 16.2. The molecule has 0 saturated carbocycles. The first kappa shape index (κ1) is 15.1. The molecule has 0 radical (unpaired) electrons. The van der Waals surface area contributed by atoms with E-state index in [0.29, 0.717) is 16.6 Å². The number of benzene rings is 2. The van der Waals surface area contributed by atoms with Crippen LogP contribution in [0.4, 0.5) is 10.8 Å². The molecule has 5 nitrogen and oxygen atoms in total. The van der Waals surface area contributed by atoms with Crippen molar-refractivity contribution in [1.29, 1.82) is 0 Å². The highest BCUT2D eigenvalue weighted by Gasteiger charge is 2.18. The Morgan fingerprint density at radius 2 is 1.96 bits per heavy atom. The highest BCUT2D eigenvalue weighted by atomic mass is 32.1. The molecule has 2 N–H and O–H groups in total. The number of hydrogen-bond donors (Lipinski definition) is 2. The summed E-state index contributed by atoms with van der Waals surface area (Å²) in [6, 6.07) is 16.7. The van der Waals surface area contributed by atoms with Crippen LogP contribution in [0, 0.1) is 0 Å². The van der Waals surface area contributed by atoms with Crippen LogP contribution in [0.5, 0.6) is 5.75 Å². The fourth-order valence-corrected chi connectivity index (χ4v) is 2.98. The first-order chi connectivity index (χ1) is 11.2. The molecule has 23 heavy (non-hydrogen) atoms. The van der Waals surface area contributed by atoms with Crippen molar-refractivity contribution in [1.82, 2.24) is 4.98 Å². The molecule has 0 aliphatic carbocycles. The first-order valence-corrected chi connectivity index (χ1v) is 7.69. The number of rotatable bonds is 5. The summed E-state index contributed by atoms with van der Waals surface area (Å²) in [6.07, 6.45) is 0.